The first-order valence-corrected chi connectivity index (χ1v) is 7.62. The summed E-state index contributed by atoms with van der Waals surface area (Å²) in [5.41, 5.74) is 2.96. The van der Waals surface area contributed by atoms with Crippen molar-refractivity contribution in [1.29, 1.82) is 0 Å². The highest BCUT2D eigenvalue weighted by Crippen LogP contribution is 2.41. The van der Waals surface area contributed by atoms with E-state index in [2.05, 4.69) is 15.9 Å². The maximum Gasteiger partial charge on any atom is 0.127 e. The van der Waals surface area contributed by atoms with Crippen LogP contribution in [0.5, 0.6) is 5.75 Å². The molecule has 0 fully saturated rings. The van der Waals surface area contributed by atoms with Crippen molar-refractivity contribution in [2.45, 2.75) is 25.6 Å². The summed E-state index contributed by atoms with van der Waals surface area (Å²) in [4.78, 5) is 0. The average molecular weight is 354 g/mol. The Bertz CT molecular complexity index is 657. The molecule has 0 amide bonds. The Balaban J connectivity index is 1.94. The van der Waals surface area contributed by atoms with Crippen molar-refractivity contribution in [2.24, 2.45) is 0 Å². The maximum atomic E-state index is 10.3. The molecule has 104 valence electrons. The summed E-state index contributed by atoms with van der Waals surface area (Å²) in [5.74, 6) is 0.749. The van der Waals surface area contributed by atoms with Crippen LogP contribution in [-0.2, 0) is 0 Å². The molecule has 2 aromatic carbocycles. The predicted octanol–water partition coefficient (Wildman–Crippen LogP) is 4.97. The fraction of sp³-hybridized carbons (Fsp3) is 0.250. The number of benzene rings is 2. The van der Waals surface area contributed by atoms with Gasteiger partial charge in [-0.2, -0.15) is 0 Å². The van der Waals surface area contributed by atoms with Crippen molar-refractivity contribution < 1.29 is 9.84 Å². The maximum absolute atomic E-state index is 10.3. The Hall–Kier alpha value is -1.03. The molecule has 3 rings (SSSR count). The summed E-state index contributed by atoms with van der Waals surface area (Å²) in [7, 11) is 0. The van der Waals surface area contributed by atoms with Crippen LogP contribution in [0.25, 0.3) is 0 Å². The van der Waals surface area contributed by atoms with Gasteiger partial charge in [-0.25, -0.2) is 0 Å². The molecule has 1 aliphatic rings. The molecule has 0 aromatic heterocycles. The van der Waals surface area contributed by atoms with Gasteiger partial charge in [0.25, 0.3) is 0 Å². The van der Waals surface area contributed by atoms with Gasteiger partial charge < -0.3 is 9.84 Å². The van der Waals surface area contributed by atoms with Crippen molar-refractivity contribution in [2.75, 3.05) is 0 Å². The zero-order valence-corrected chi connectivity index (χ0v) is 13.3. The molecule has 2 aromatic rings. The van der Waals surface area contributed by atoms with Gasteiger partial charge in [-0.05, 0) is 52.7 Å². The molecule has 2 nitrogen and oxygen atoms in total. The summed E-state index contributed by atoms with van der Waals surface area (Å²) < 4.78 is 6.86. The minimum Gasteiger partial charge on any atom is -0.485 e. The Kier molecular flexibility index (Phi) is 3.76. The number of halogens is 2. The van der Waals surface area contributed by atoms with Crippen LogP contribution in [0.2, 0.25) is 5.02 Å². The number of aryl methyl sites for hydroxylation is 1. The lowest BCUT2D eigenvalue weighted by atomic mass is 9.94. The second kappa shape index (κ2) is 5.40. The van der Waals surface area contributed by atoms with Crippen LogP contribution in [0.4, 0.5) is 0 Å². The fourth-order valence-electron chi connectivity index (χ4n) is 2.48. The molecule has 20 heavy (non-hydrogen) atoms. The van der Waals surface area contributed by atoms with Crippen LogP contribution in [0.15, 0.2) is 40.9 Å². The van der Waals surface area contributed by atoms with Crippen LogP contribution in [0.1, 0.15) is 35.3 Å². The quantitative estimate of drug-likeness (QED) is 0.784. The minimum absolute atomic E-state index is 0.175. The van der Waals surface area contributed by atoms with E-state index >= 15 is 0 Å². The van der Waals surface area contributed by atoms with Gasteiger partial charge in [0.15, 0.2) is 0 Å². The van der Waals surface area contributed by atoms with E-state index in [1.165, 1.54) is 0 Å². The first-order chi connectivity index (χ1) is 9.54. The standard InChI is InChI=1S/C16H14BrClO2/c1-9-2-5-15-11(6-9)14(19)8-16(20-15)10-3-4-12(17)13(18)7-10/h2-7,14,16,19H,8H2,1H3/t14-,16?/m0/s1. The SMILES string of the molecule is Cc1ccc2c(c1)[C@@H](O)CC(c1ccc(Br)c(Cl)c1)O2. The van der Waals surface area contributed by atoms with Crippen LogP contribution < -0.4 is 4.74 Å². The lowest BCUT2D eigenvalue weighted by molar-refractivity contribution is 0.0657. The minimum atomic E-state index is -0.508. The second-order valence-electron chi connectivity index (χ2n) is 5.07. The van der Waals surface area contributed by atoms with E-state index in [9.17, 15) is 5.11 Å². The number of aliphatic hydroxyl groups is 1. The molecule has 1 N–H and O–H groups in total. The number of fused-ring (bicyclic) bond motifs is 1. The largest absolute Gasteiger partial charge is 0.485 e. The molecule has 1 heterocycles. The Morgan fingerprint density at radius 3 is 2.80 bits per heavy atom. The van der Waals surface area contributed by atoms with Gasteiger partial charge in [0.2, 0.25) is 0 Å². The molecular formula is C16H14BrClO2. The summed E-state index contributed by atoms with van der Waals surface area (Å²) in [6.07, 6.45) is -0.147. The van der Waals surface area contributed by atoms with E-state index in [0.29, 0.717) is 11.4 Å². The van der Waals surface area contributed by atoms with Crippen molar-refractivity contribution in [1.82, 2.24) is 0 Å². The van der Waals surface area contributed by atoms with Gasteiger partial charge in [0.05, 0.1) is 11.1 Å². The Labute approximate surface area is 131 Å². The molecule has 0 radical (unpaired) electrons. The number of aliphatic hydroxyl groups excluding tert-OH is 1. The molecule has 0 saturated heterocycles. The average Bonchev–Trinajstić information content (AvgIpc) is 2.42. The van der Waals surface area contributed by atoms with Crippen LogP contribution in [-0.4, -0.2) is 5.11 Å². The lowest BCUT2D eigenvalue weighted by Gasteiger charge is -2.30. The van der Waals surface area contributed by atoms with E-state index in [1.54, 1.807) is 0 Å². The van der Waals surface area contributed by atoms with E-state index in [1.807, 2.05) is 43.3 Å². The predicted molar refractivity (Wildman–Crippen MR) is 83.3 cm³/mol. The number of hydrogen-bond acceptors (Lipinski definition) is 2. The third-order valence-electron chi connectivity index (χ3n) is 3.55. The summed E-state index contributed by atoms with van der Waals surface area (Å²) >= 11 is 9.50. The molecule has 0 bridgehead atoms. The topological polar surface area (TPSA) is 29.5 Å². The highest BCUT2D eigenvalue weighted by atomic mass is 79.9. The first kappa shape index (κ1) is 13.9. The highest BCUT2D eigenvalue weighted by molar-refractivity contribution is 9.10. The molecule has 0 aliphatic carbocycles. The summed E-state index contributed by atoms with van der Waals surface area (Å²) in [5, 5.41) is 11.0. The van der Waals surface area contributed by atoms with Gasteiger partial charge in [-0.3, -0.25) is 0 Å². The molecule has 0 spiro atoms. The number of hydrogen-bond donors (Lipinski definition) is 1. The molecular weight excluding hydrogens is 340 g/mol. The Morgan fingerprint density at radius 1 is 1.25 bits per heavy atom. The number of ether oxygens (including phenoxy) is 1. The van der Waals surface area contributed by atoms with Crippen molar-refractivity contribution in [3.05, 3.63) is 62.6 Å². The molecule has 0 saturated carbocycles. The monoisotopic (exact) mass is 352 g/mol. The summed E-state index contributed by atoms with van der Waals surface area (Å²) in [6.45, 7) is 2.01. The van der Waals surface area contributed by atoms with Gasteiger partial charge >= 0.3 is 0 Å². The van der Waals surface area contributed by atoms with E-state index in [-0.39, 0.29) is 6.10 Å². The molecule has 1 unspecified atom stereocenters. The van der Waals surface area contributed by atoms with Crippen LogP contribution in [0.3, 0.4) is 0 Å². The van der Waals surface area contributed by atoms with Gasteiger partial charge in [-0.15, -0.1) is 0 Å². The zero-order valence-electron chi connectivity index (χ0n) is 10.9. The number of rotatable bonds is 1. The van der Waals surface area contributed by atoms with Gasteiger partial charge in [-0.1, -0.05) is 29.3 Å². The third-order valence-corrected chi connectivity index (χ3v) is 4.78. The lowest BCUT2D eigenvalue weighted by Crippen LogP contribution is -2.19. The highest BCUT2D eigenvalue weighted by Gasteiger charge is 2.28. The zero-order chi connectivity index (χ0) is 14.3. The molecule has 1 aliphatic heterocycles. The van der Waals surface area contributed by atoms with E-state index in [0.717, 1.165) is 26.9 Å². The second-order valence-corrected chi connectivity index (χ2v) is 6.33. The molecule has 2 atom stereocenters. The Morgan fingerprint density at radius 2 is 2.05 bits per heavy atom. The first-order valence-electron chi connectivity index (χ1n) is 6.45. The van der Waals surface area contributed by atoms with Gasteiger partial charge in [0, 0.05) is 16.5 Å². The van der Waals surface area contributed by atoms with Crippen molar-refractivity contribution >= 4 is 27.5 Å². The third kappa shape index (κ3) is 2.58. The van der Waals surface area contributed by atoms with E-state index < -0.39 is 6.10 Å². The van der Waals surface area contributed by atoms with Gasteiger partial charge in [0.1, 0.15) is 11.9 Å². The normalized spacial score (nSPS) is 21.2. The van der Waals surface area contributed by atoms with Crippen LogP contribution in [0, 0.1) is 6.92 Å². The smallest absolute Gasteiger partial charge is 0.127 e. The fourth-order valence-corrected chi connectivity index (χ4v) is 2.92. The summed E-state index contributed by atoms with van der Waals surface area (Å²) in [6, 6.07) is 11.6. The van der Waals surface area contributed by atoms with E-state index in [4.69, 9.17) is 16.3 Å². The van der Waals surface area contributed by atoms with Crippen LogP contribution >= 0.6 is 27.5 Å². The van der Waals surface area contributed by atoms with Crippen molar-refractivity contribution in [3.8, 4) is 5.75 Å². The molecule has 4 heteroatoms. The van der Waals surface area contributed by atoms with Crippen molar-refractivity contribution in [3.63, 3.8) is 0 Å².